The van der Waals surface area contributed by atoms with E-state index >= 15 is 0 Å². The zero-order valence-corrected chi connectivity index (χ0v) is 31.3. The van der Waals surface area contributed by atoms with Crippen LogP contribution in [0.3, 0.4) is 0 Å². The molecule has 52 heavy (non-hydrogen) atoms. The van der Waals surface area contributed by atoms with Gasteiger partial charge in [0.25, 0.3) is 5.82 Å². The predicted molar refractivity (Wildman–Crippen MR) is 195 cm³/mol. The number of benzene rings is 2. The Hall–Kier alpha value is -4.62. The molecular formula is C37H44Cl2N6O7. The summed E-state index contributed by atoms with van der Waals surface area (Å²) >= 11 is 13.0. The number of H-pyrrole nitrogens is 1. The first-order valence-corrected chi connectivity index (χ1v) is 18.2. The van der Waals surface area contributed by atoms with Gasteiger partial charge in [0.05, 0.1) is 17.1 Å². The maximum Gasteiger partial charge on any atom is 0.408 e. The normalized spacial score (nSPS) is 17.7. The van der Waals surface area contributed by atoms with Crippen LogP contribution in [-0.2, 0) is 38.5 Å². The molecule has 2 aromatic heterocycles. The number of esters is 1. The summed E-state index contributed by atoms with van der Waals surface area (Å²) in [5.41, 5.74) is 1.60. The van der Waals surface area contributed by atoms with Gasteiger partial charge >= 0.3 is 12.1 Å². The van der Waals surface area contributed by atoms with Gasteiger partial charge in [-0.15, -0.1) is 0 Å². The van der Waals surface area contributed by atoms with Crippen LogP contribution in [0.15, 0.2) is 47.0 Å². The van der Waals surface area contributed by atoms with Crippen LogP contribution in [0.1, 0.15) is 93.3 Å². The van der Waals surface area contributed by atoms with Crippen LogP contribution in [0.2, 0.25) is 10.0 Å². The van der Waals surface area contributed by atoms with Crippen molar-refractivity contribution in [2.45, 2.75) is 91.0 Å². The van der Waals surface area contributed by atoms with Crippen LogP contribution in [0.25, 0.3) is 10.9 Å². The van der Waals surface area contributed by atoms with Gasteiger partial charge in [0.2, 0.25) is 17.7 Å². The molecule has 0 spiro atoms. The summed E-state index contributed by atoms with van der Waals surface area (Å²) in [6.07, 6.45) is 1.06. The fourth-order valence-electron chi connectivity index (χ4n) is 6.34. The first kappa shape index (κ1) is 38.6. The molecular weight excluding hydrogens is 711 g/mol. The van der Waals surface area contributed by atoms with E-state index in [9.17, 15) is 19.2 Å². The molecule has 0 radical (unpaired) electrons. The Morgan fingerprint density at radius 2 is 1.73 bits per heavy atom. The molecule has 5 rings (SSSR count). The number of aryl methyl sites for hydroxylation is 1. The van der Waals surface area contributed by atoms with Crippen LogP contribution in [0, 0.1) is 11.8 Å². The maximum absolute atomic E-state index is 14.8. The number of halogens is 2. The Balaban J connectivity index is 1.48. The minimum absolute atomic E-state index is 0.0207. The van der Waals surface area contributed by atoms with Gasteiger partial charge < -0.3 is 34.9 Å². The van der Waals surface area contributed by atoms with Gasteiger partial charge in [0, 0.05) is 22.5 Å². The van der Waals surface area contributed by atoms with Crippen LogP contribution in [-0.4, -0.2) is 57.2 Å². The standard InChI is InChI=1S/C37H44Cl2N6O7/c1-6-20(4)28(42-36(49)51-19-22-12-10-9-11-13-22)32(46)44-37(15-14-27-25(18-37)24-16-23(38)17-26(39)30(24)40-27)35(48)41-29(21(5)7-2)33-43-31(45-52-33)34(47)50-8-3/h9-13,16-17,20-21,28-29,40H,6-8,14-15,18-19H2,1-5H3,(H,41,48)(H,42,49)(H,44,46)/t20?,21?,28-,29-,37-/m0/s1. The number of carbonyl (C=O) groups excluding carboxylic acids is 4. The molecule has 5 atom stereocenters. The van der Waals surface area contributed by atoms with Gasteiger partial charge in [0.1, 0.15) is 24.2 Å². The van der Waals surface area contributed by atoms with E-state index in [4.69, 9.17) is 37.2 Å². The zero-order valence-electron chi connectivity index (χ0n) is 29.8. The molecule has 0 fully saturated rings. The van der Waals surface area contributed by atoms with Crippen molar-refractivity contribution in [2.75, 3.05) is 6.61 Å². The zero-order chi connectivity index (χ0) is 37.6. The lowest BCUT2D eigenvalue weighted by Crippen LogP contribution is -2.65. The number of carbonyl (C=O) groups is 4. The maximum atomic E-state index is 14.8. The Labute approximate surface area is 311 Å². The molecule has 2 heterocycles. The van der Waals surface area contributed by atoms with E-state index in [0.717, 1.165) is 22.2 Å². The second-order valence-electron chi connectivity index (χ2n) is 13.2. The highest BCUT2D eigenvalue weighted by molar-refractivity contribution is 6.38. The first-order valence-electron chi connectivity index (χ1n) is 17.5. The lowest BCUT2D eigenvalue weighted by Gasteiger charge is -2.39. The monoisotopic (exact) mass is 754 g/mol. The second kappa shape index (κ2) is 16.8. The Kier molecular flexibility index (Phi) is 12.5. The van der Waals surface area contributed by atoms with Crippen LogP contribution in [0.4, 0.5) is 4.79 Å². The quantitative estimate of drug-likeness (QED) is 0.103. The average molecular weight is 756 g/mol. The molecule has 3 amide bonds. The largest absolute Gasteiger partial charge is 0.460 e. The number of hydrogen-bond donors (Lipinski definition) is 4. The molecule has 4 aromatic rings. The van der Waals surface area contributed by atoms with Crippen LogP contribution in [0.5, 0.6) is 0 Å². The van der Waals surface area contributed by atoms with Gasteiger partial charge in [-0.3, -0.25) is 9.59 Å². The number of ether oxygens (including phenoxy) is 2. The number of hydrogen-bond acceptors (Lipinski definition) is 9. The Morgan fingerprint density at radius 3 is 2.42 bits per heavy atom. The third kappa shape index (κ3) is 8.53. The van der Waals surface area contributed by atoms with E-state index in [1.54, 1.807) is 19.1 Å². The third-order valence-corrected chi connectivity index (χ3v) is 10.3. The number of fused-ring (bicyclic) bond motifs is 3. The smallest absolute Gasteiger partial charge is 0.408 e. The van der Waals surface area contributed by atoms with E-state index in [-0.39, 0.29) is 49.6 Å². The fraction of sp³-hybridized carbons (Fsp3) is 0.459. The molecule has 1 aliphatic rings. The van der Waals surface area contributed by atoms with E-state index in [1.165, 1.54) is 0 Å². The van der Waals surface area contributed by atoms with Crippen LogP contribution < -0.4 is 16.0 Å². The molecule has 0 saturated carbocycles. The SMILES string of the molecule is CCOC(=O)c1noc([C@@H](NC(=O)[C@]2(NC(=O)[C@@H](NC(=O)OCc3ccccc3)C(C)CC)CCc3[nH]c4c(Cl)cc(Cl)cc4c3C2)C(C)CC)n1. The number of aromatic nitrogens is 3. The van der Waals surface area contributed by atoms with Gasteiger partial charge in [0.15, 0.2) is 0 Å². The molecule has 2 aromatic carbocycles. The number of amides is 3. The first-order chi connectivity index (χ1) is 24.9. The van der Waals surface area contributed by atoms with Gasteiger partial charge in [-0.1, -0.05) is 94.1 Å². The topological polar surface area (TPSA) is 178 Å². The summed E-state index contributed by atoms with van der Waals surface area (Å²) in [6, 6.07) is 10.8. The molecule has 0 bridgehead atoms. The van der Waals surface area contributed by atoms with Crippen molar-refractivity contribution in [3.05, 3.63) is 81.0 Å². The molecule has 4 N–H and O–H groups in total. The molecule has 15 heteroatoms. The van der Waals surface area contributed by atoms with Gasteiger partial charge in [-0.2, -0.15) is 4.98 Å². The molecule has 1 aliphatic carbocycles. The summed E-state index contributed by atoms with van der Waals surface area (Å²) in [4.78, 5) is 62.1. The molecule has 2 unspecified atom stereocenters. The number of nitrogens with zero attached hydrogens (tertiary/aromatic N) is 2. The average Bonchev–Trinajstić information content (AvgIpc) is 3.77. The molecule has 278 valence electrons. The summed E-state index contributed by atoms with van der Waals surface area (Å²) in [7, 11) is 0. The molecule has 13 nitrogen and oxygen atoms in total. The number of rotatable bonds is 14. The van der Waals surface area contributed by atoms with Crippen molar-refractivity contribution in [1.29, 1.82) is 0 Å². The third-order valence-electron chi connectivity index (χ3n) is 9.74. The van der Waals surface area contributed by atoms with Crippen molar-refractivity contribution in [1.82, 2.24) is 31.1 Å². The van der Waals surface area contributed by atoms with Crippen molar-refractivity contribution < 1.29 is 33.2 Å². The van der Waals surface area contributed by atoms with Crippen molar-refractivity contribution in [3.63, 3.8) is 0 Å². The second-order valence-corrected chi connectivity index (χ2v) is 14.1. The van der Waals surface area contributed by atoms with Gasteiger partial charge in [-0.05, 0) is 60.0 Å². The highest BCUT2D eigenvalue weighted by atomic mass is 35.5. The molecule has 0 aliphatic heterocycles. The lowest BCUT2D eigenvalue weighted by atomic mass is 9.78. The summed E-state index contributed by atoms with van der Waals surface area (Å²) < 4.78 is 15.9. The number of nitrogens with one attached hydrogen (secondary N) is 4. The summed E-state index contributed by atoms with van der Waals surface area (Å²) in [6.45, 7) is 9.39. The van der Waals surface area contributed by atoms with Crippen molar-refractivity contribution >= 4 is 58.0 Å². The number of alkyl carbamates (subject to hydrolysis) is 1. The highest BCUT2D eigenvalue weighted by Crippen LogP contribution is 2.39. The van der Waals surface area contributed by atoms with Crippen LogP contribution >= 0.6 is 23.2 Å². The van der Waals surface area contributed by atoms with Gasteiger partial charge in [-0.25, -0.2) is 9.59 Å². The van der Waals surface area contributed by atoms with Crippen molar-refractivity contribution in [3.8, 4) is 0 Å². The minimum Gasteiger partial charge on any atom is -0.460 e. The molecule has 0 saturated heterocycles. The Bertz CT molecular complexity index is 1910. The van der Waals surface area contributed by atoms with E-state index < -0.39 is 41.5 Å². The summed E-state index contributed by atoms with van der Waals surface area (Å²) in [5.74, 6) is -2.59. The Morgan fingerprint density at radius 1 is 1.00 bits per heavy atom. The summed E-state index contributed by atoms with van der Waals surface area (Å²) in [5, 5.41) is 14.2. The van der Waals surface area contributed by atoms with E-state index in [0.29, 0.717) is 34.8 Å². The predicted octanol–water partition coefficient (Wildman–Crippen LogP) is 6.62. The highest BCUT2D eigenvalue weighted by Gasteiger charge is 2.47. The van der Waals surface area contributed by atoms with E-state index in [2.05, 4.69) is 31.1 Å². The minimum atomic E-state index is -1.51. The number of aromatic amines is 1. The van der Waals surface area contributed by atoms with Crippen molar-refractivity contribution in [2.24, 2.45) is 11.8 Å². The fourth-order valence-corrected chi connectivity index (χ4v) is 6.88. The lowest BCUT2D eigenvalue weighted by molar-refractivity contribution is -0.136. The van der Waals surface area contributed by atoms with E-state index in [1.807, 2.05) is 58.0 Å².